The largest absolute Gasteiger partial charge is 0.396 e. The van der Waals surface area contributed by atoms with E-state index in [4.69, 9.17) is 5.11 Å². The van der Waals surface area contributed by atoms with Crippen molar-refractivity contribution in [3.63, 3.8) is 0 Å². The van der Waals surface area contributed by atoms with Gasteiger partial charge in [0.05, 0.1) is 9.40 Å². The minimum Gasteiger partial charge on any atom is -0.396 e. The number of halogens is 1. The number of nitro groups is 1. The van der Waals surface area contributed by atoms with Gasteiger partial charge in [-0.3, -0.25) is 15.0 Å². The summed E-state index contributed by atoms with van der Waals surface area (Å²) in [5.74, 6) is 0. The van der Waals surface area contributed by atoms with Crippen LogP contribution < -0.4 is 0 Å². The maximum Gasteiger partial charge on any atom is 0.283 e. The molecule has 0 atom stereocenters. The van der Waals surface area contributed by atoms with E-state index >= 15 is 0 Å². The fourth-order valence-electron chi connectivity index (χ4n) is 1.71. The smallest absolute Gasteiger partial charge is 0.283 e. The van der Waals surface area contributed by atoms with Crippen LogP contribution in [0.25, 0.3) is 0 Å². The fourth-order valence-corrected chi connectivity index (χ4v) is 2.25. The Morgan fingerprint density at radius 2 is 2.22 bits per heavy atom. The first-order valence-electron chi connectivity index (χ1n) is 5.85. The van der Waals surface area contributed by atoms with Crippen molar-refractivity contribution in [2.75, 3.05) is 19.7 Å². The molecule has 0 spiro atoms. The van der Waals surface area contributed by atoms with Gasteiger partial charge >= 0.3 is 0 Å². The van der Waals surface area contributed by atoms with Crippen molar-refractivity contribution >= 4 is 21.6 Å². The van der Waals surface area contributed by atoms with Gasteiger partial charge in [0.25, 0.3) is 5.69 Å². The standard InChI is InChI=1S/C12H17BrN2O3/c1-2-14(7-4-8-16)9-10-5-3-6-11(12(10)13)15(17)18/h3,5-6,16H,2,4,7-9H2,1H3. The van der Waals surface area contributed by atoms with Crippen LogP contribution in [-0.4, -0.2) is 34.6 Å². The number of benzene rings is 1. The first kappa shape index (κ1) is 15.1. The van der Waals surface area contributed by atoms with Crippen molar-refractivity contribution in [1.82, 2.24) is 4.90 Å². The molecular weight excluding hydrogens is 300 g/mol. The molecule has 6 heteroatoms. The zero-order valence-corrected chi connectivity index (χ0v) is 11.9. The maximum atomic E-state index is 10.8. The van der Waals surface area contributed by atoms with E-state index in [0.717, 1.165) is 18.7 Å². The molecule has 0 aromatic heterocycles. The monoisotopic (exact) mass is 316 g/mol. The molecule has 0 bridgehead atoms. The van der Waals surface area contributed by atoms with Crippen LogP contribution in [0.5, 0.6) is 0 Å². The summed E-state index contributed by atoms with van der Waals surface area (Å²) in [6.07, 6.45) is 0.709. The highest BCUT2D eigenvalue weighted by Gasteiger charge is 2.16. The van der Waals surface area contributed by atoms with Crippen molar-refractivity contribution in [2.24, 2.45) is 0 Å². The lowest BCUT2D eigenvalue weighted by molar-refractivity contribution is -0.385. The molecule has 100 valence electrons. The summed E-state index contributed by atoms with van der Waals surface area (Å²) in [7, 11) is 0. The molecule has 0 radical (unpaired) electrons. The van der Waals surface area contributed by atoms with Gasteiger partial charge in [-0.2, -0.15) is 0 Å². The Kier molecular flexibility index (Phi) is 6.24. The molecule has 1 rings (SSSR count). The molecule has 0 saturated carbocycles. The van der Waals surface area contributed by atoms with Crippen molar-refractivity contribution in [3.8, 4) is 0 Å². The Hall–Kier alpha value is -0.980. The maximum absolute atomic E-state index is 10.8. The lowest BCUT2D eigenvalue weighted by atomic mass is 10.2. The van der Waals surface area contributed by atoms with E-state index in [-0.39, 0.29) is 12.3 Å². The van der Waals surface area contributed by atoms with Crippen LogP contribution in [-0.2, 0) is 6.54 Å². The van der Waals surface area contributed by atoms with Crippen LogP contribution in [0.1, 0.15) is 18.9 Å². The summed E-state index contributed by atoms with van der Waals surface area (Å²) in [5, 5.41) is 19.7. The fraction of sp³-hybridized carbons (Fsp3) is 0.500. The van der Waals surface area contributed by atoms with Crippen LogP contribution >= 0.6 is 15.9 Å². The Morgan fingerprint density at radius 1 is 1.50 bits per heavy atom. The van der Waals surface area contributed by atoms with Gasteiger partial charge in [0.2, 0.25) is 0 Å². The van der Waals surface area contributed by atoms with E-state index < -0.39 is 4.92 Å². The predicted octanol–water partition coefficient (Wildman–Crippen LogP) is 2.56. The molecule has 0 aliphatic rings. The van der Waals surface area contributed by atoms with E-state index in [2.05, 4.69) is 20.8 Å². The summed E-state index contributed by atoms with van der Waals surface area (Å²) >= 11 is 3.29. The molecule has 0 aliphatic carbocycles. The number of nitro benzene ring substituents is 1. The minimum absolute atomic E-state index is 0.0886. The van der Waals surface area contributed by atoms with E-state index in [0.29, 0.717) is 17.4 Å². The van der Waals surface area contributed by atoms with Gasteiger partial charge in [-0.15, -0.1) is 0 Å². The zero-order chi connectivity index (χ0) is 13.5. The average Bonchev–Trinajstić information content (AvgIpc) is 2.36. The second kappa shape index (κ2) is 7.45. The predicted molar refractivity (Wildman–Crippen MR) is 73.5 cm³/mol. The molecule has 5 nitrogen and oxygen atoms in total. The third kappa shape index (κ3) is 4.04. The van der Waals surface area contributed by atoms with Crippen LogP contribution in [0, 0.1) is 10.1 Å². The molecule has 18 heavy (non-hydrogen) atoms. The Balaban J connectivity index is 2.83. The molecule has 0 unspecified atom stereocenters. The van der Waals surface area contributed by atoms with Crippen molar-refractivity contribution in [2.45, 2.75) is 19.9 Å². The lowest BCUT2D eigenvalue weighted by Crippen LogP contribution is -2.24. The summed E-state index contributed by atoms with van der Waals surface area (Å²) in [5.41, 5.74) is 0.981. The van der Waals surface area contributed by atoms with E-state index in [9.17, 15) is 10.1 Å². The third-order valence-electron chi connectivity index (χ3n) is 2.73. The van der Waals surface area contributed by atoms with Gasteiger partial charge in [-0.05, 0) is 34.5 Å². The highest BCUT2D eigenvalue weighted by molar-refractivity contribution is 9.10. The number of aliphatic hydroxyl groups is 1. The Bertz CT molecular complexity index is 412. The van der Waals surface area contributed by atoms with Gasteiger partial charge in [0, 0.05) is 25.8 Å². The first-order valence-corrected chi connectivity index (χ1v) is 6.64. The van der Waals surface area contributed by atoms with Crippen molar-refractivity contribution < 1.29 is 10.0 Å². The molecule has 0 aliphatic heterocycles. The second-order valence-corrected chi connectivity index (χ2v) is 4.75. The van der Waals surface area contributed by atoms with Crippen LogP contribution in [0.15, 0.2) is 22.7 Å². The molecule has 0 amide bonds. The molecule has 1 aromatic rings. The number of hydrogen-bond donors (Lipinski definition) is 1. The van der Waals surface area contributed by atoms with E-state index in [1.807, 2.05) is 13.0 Å². The molecular formula is C12H17BrN2O3. The van der Waals surface area contributed by atoms with Crippen molar-refractivity contribution in [1.29, 1.82) is 0 Å². The van der Waals surface area contributed by atoms with E-state index in [1.54, 1.807) is 6.07 Å². The number of hydrogen-bond acceptors (Lipinski definition) is 4. The Morgan fingerprint density at radius 3 is 2.78 bits per heavy atom. The highest BCUT2D eigenvalue weighted by Crippen LogP contribution is 2.29. The number of aliphatic hydroxyl groups excluding tert-OH is 1. The molecule has 0 saturated heterocycles. The molecule has 1 aromatic carbocycles. The van der Waals surface area contributed by atoms with E-state index in [1.165, 1.54) is 6.07 Å². The molecule has 1 N–H and O–H groups in total. The van der Waals surface area contributed by atoms with Crippen molar-refractivity contribution in [3.05, 3.63) is 38.3 Å². The molecule has 0 fully saturated rings. The van der Waals surface area contributed by atoms with Gasteiger partial charge in [0.15, 0.2) is 0 Å². The van der Waals surface area contributed by atoms with Crippen LogP contribution in [0.3, 0.4) is 0 Å². The van der Waals surface area contributed by atoms with Crippen LogP contribution in [0.4, 0.5) is 5.69 Å². The number of nitrogens with zero attached hydrogens (tertiary/aromatic N) is 2. The van der Waals surface area contributed by atoms with Gasteiger partial charge in [-0.1, -0.05) is 19.1 Å². The first-order chi connectivity index (χ1) is 8.60. The summed E-state index contributed by atoms with van der Waals surface area (Å²) in [6, 6.07) is 5.05. The minimum atomic E-state index is -0.391. The summed E-state index contributed by atoms with van der Waals surface area (Å²) < 4.78 is 0.539. The zero-order valence-electron chi connectivity index (χ0n) is 10.3. The van der Waals surface area contributed by atoms with Gasteiger partial charge in [-0.25, -0.2) is 0 Å². The SMILES string of the molecule is CCN(CCCO)Cc1cccc([N+](=O)[O-])c1Br. The second-order valence-electron chi connectivity index (χ2n) is 3.95. The highest BCUT2D eigenvalue weighted by atomic mass is 79.9. The third-order valence-corrected chi connectivity index (χ3v) is 3.64. The molecule has 0 heterocycles. The van der Waals surface area contributed by atoms with Crippen LogP contribution in [0.2, 0.25) is 0 Å². The summed E-state index contributed by atoms with van der Waals surface area (Å²) in [4.78, 5) is 12.6. The van der Waals surface area contributed by atoms with Gasteiger partial charge in [0.1, 0.15) is 0 Å². The number of rotatable bonds is 7. The van der Waals surface area contributed by atoms with Gasteiger partial charge < -0.3 is 5.11 Å². The lowest BCUT2D eigenvalue weighted by Gasteiger charge is -2.20. The normalized spacial score (nSPS) is 10.9. The Labute approximate surface area is 115 Å². The average molecular weight is 317 g/mol. The summed E-state index contributed by atoms with van der Waals surface area (Å²) in [6.45, 7) is 4.45. The topological polar surface area (TPSA) is 66.6 Å². The quantitative estimate of drug-likeness (QED) is 0.620.